The Hall–Kier alpha value is -2.03. The lowest BCUT2D eigenvalue weighted by Gasteiger charge is -2.19. The minimum atomic E-state index is -1.77. The van der Waals surface area contributed by atoms with E-state index in [0.29, 0.717) is 22.9 Å². The Labute approximate surface area is 128 Å². The first kappa shape index (κ1) is 14.9. The third kappa shape index (κ3) is 2.45. The fourth-order valence-corrected chi connectivity index (χ4v) is 3.50. The summed E-state index contributed by atoms with van der Waals surface area (Å²) in [5.74, 6) is -0.972. The molecule has 2 aromatic rings. The molecule has 22 heavy (non-hydrogen) atoms. The van der Waals surface area contributed by atoms with Crippen molar-refractivity contribution in [2.45, 2.75) is 38.4 Å². The molecule has 2 aromatic heterocycles. The van der Waals surface area contributed by atoms with Crippen LogP contribution in [-0.4, -0.2) is 38.6 Å². The Morgan fingerprint density at radius 3 is 2.86 bits per heavy atom. The number of carbonyl (C=O) groups is 1. The quantitative estimate of drug-likeness (QED) is 0.889. The van der Waals surface area contributed by atoms with Crippen molar-refractivity contribution in [3.63, 3.8) is 0 Å². The number of thiazole rings is 1. The van der Waals surface area contributed by atoms with Gasteiger partial charge in [-0.2, -0.15) is 0 Å². The Kier molecular flexibility index (Phi) is 3.39. The van der Waals surface area contributed by atoms with Crippen LogP contribution in [0, 0.1) is 0 Å². The van der Waals surface area contributed by atoms with Gasteiger partial charge in [-0.15, -0.1) is 0 Å². The molecule has 3 rings (SSSR count). The topological polar surface area (TPSA) is 99.2 Å². The highest BCUT2D eigenvalue weighted by molar-refractivity contribution is 7.21. The lowest BCUT2D eigenvalue weighted by Crippen LogP contribution is -2.35. The zero-order valence-corrected chi connectivity index (χ0v) is 12.9. The van der Waals surface area contributed by atoms with E-state index in [0.717, 1.165) is 17.8 Å². The van der Waals surface area contributed by atoms with Crippen LogP contribution in [0.25, 0.3) is 10.3 Å². The second-order valence-corrected chi connectivity index (χ2v) is 6.68. The number of hydrogen-bond donors (Lipinski definition) is 2. The Morgan fingerprint density at radius 1 is 1.50 bits per heavy atom. The van der Waals surface area contributed by atoms with E-state index < -0.39 is 23.2 Å². The summed E-state index contributed by atoms with van der Waals surface area (Å²) in [6.45, 7) is 3.18. The first-order valence-electron chi connectivity index (χ1n) is 6.87. The van der Waals surface area contributed by atoms with Gasteiger partial charge in [-0.25, -0.2) is 19.2 Å². The molecule has 0 radical (unpaired) electrons. The Morgan fingerprint density at radius 2 is 2.23 bits per heavy atom. The van der Waals surface area contributed by atoms with E-state index in [2.05, 4.69) is 15.0 Å². The van der Waals surface area contributed by atoms with Crippen molar-refractivity contribution in [1.82, 2.24) is 15.0 Å². The number of halogens is 1. The van der Waals surface area contributed by atoms with Crippen LogP contribution >= 0.6 is 11.3 Å². The van der Waals surface area contributed by atoms with Crippen molar-refractivity contribution >= 4 is 32.8 Å². The molecule has 0 aromatic carbocycles. The number of aliphatic carboxylic acids is 1. The molecule has 1 aliphatic rings. The van der Waals surface area contributed by atoms with Gasteiger partial charge in [0.25, 0.3) is 5.56 Å². The summed E-state index contributed by atoms with van der Waals surface area (Å²) in [5.41, 5.74) is -2.17. The molecule has 3 heterocycles. The molecule has 0 saturated carbocycles. The van der Waals surface area contributed by atoms with Gasteiger partial charge in [-0.3, -0.25) is 4.79 Å². The van der Waals surface area contributed by atoms with Crippen LogP contribution in [-0.2, 0) is 10.5 Å². The van der Waals surface area contributed by atoms with Crippen LogP contribution in [0.4, 0.5) is 9.52 Å². The van der Waals surface area contributed by atoms with E-state index in [9.17, 15) is 19.1 Å². The summed E-state index contributed by atoms with van der Waals surface area (Å²) in [7, 11) is 0. The van der Waals surface area contributed by atoms with Crippen molar-refractivity contribution in [2.75, 3.05) is 11.4 Å². The van der Waals surface area contributed by atoms with Gasteiger partial charge in [0.05, 0.1) is 0 Å². The fraction of sp³-hybridized carbons (Fsp3) is 0.538. The Balaban J connectivity index is 2.09. The number of aromatic nitrogens is 3. The second-order valence-electron chi connectivity index (χ2n) is 5.73. The highest BCUT2D eigenvalue weighted by Crippen LogP contribution is 2.32. The van der Waals surface area contributed by atoms with Crippen molar-refractivity contribution in [3.05, 3.63) is 16.2 Å². The van der Waals surface area contributed by atoms with Crippen molar-refractivity contribution in [3.8, 4) is 0 Å². The largest absolute Gasteiger partial charge is 0.480 e. The van der Waals surface area contributed by atoms with Gasteiger partial charge in [0, 0.05) is 6.54 Å². The van der Waals surface area contributed by atoms with Crippen LogP contribution in [0.15, 0.2) is 4.79 Å². The van der Waals surface area contributed by atoms with Gasteiger partial charge in [-0.1, -0.05) is 11.3 Å². The van der Waals surface area contributed by atoms with Crippen molar-refractivity contribution in [2.24, 2.45) is 0 Å². The number of H-pyrrole nitrogens is 1. The molecule has 1 aliphatic heterocycles. The number of carboxylic acids is 1. The molecule has 0 bridgehead atoms. The van der Waals surface area contributed by atoms with Crippen LogP contribution in [0.3, 0.4) is 0 Å². The molecule has 0 amide bonds. The third-order valence-corrected chi connectivity index (χ3v) is 4.59. The molecule has 0 spiro atoms. The first-order valence-corrected chi connectivity index (χ1v) is 7.68. The normalized spacial score (nSPS) is 19.0. The lowest BCUT2D eigenvalue weighted by atomic mass is 10.1. The van der Waals surface area contributed by atoms with Gasteiger partial charge in [0.15, 0.2) is 21.1 Å². The molecule has 1 fully saturated rings. The predicted molar refractivity (Wildman–Crippen MR) is 80.2 cm³/mol. The van der Waals surface area contributed by atoms with Crippen LogP contribution in [0.1, 0.15) is 32.5 Å². The molecule has 7 nitrogen and oxygen atoms in total. The van der Waals surface area contributed by atoms with Crippen LogP contribution < -0.4 is 10.5 Å². The van der Waals surface area contributed by atoms with Gasteiger partial charge < -0.3 is 15.0 Å². The number of hydrogen-bond acceptors (Lipinski definition) is 6. The first-order chi connectivity index (χ1) is 10.3. The average Bonchev–Trinajstić information content (AvgIpc) is 3.03. The lowest BCUT2D eigenvalue weighted by molar-refractivity contribution is -0.138. The summed E-state index contributed by atoms with van der Waals surface area (Å²) in [5, 5.41) is 9.66. The number of carboxylic acid groups (broad SMARTS) is 1. The van der Waals surface area contributed by atoms with Gasteiger partial charge in [0.2, 0.25) is 0 Å². The van der Waals surface area contributed by atoms with Gasteiger partial charge >= 0.3 is 5.97 Å². The van der Waals surface area contributed by atoms with E-state index in [1.165, 1.54) is 13.8 Å². The maximum absolute atomic E-state index is 14.0. The maximum Gasteiger partial charge on any atom is 0.326 e. The summed E-state index contributed by atoms with van der Waals surface area (Å²) in [4.78, 5) is 36.0. The van der Waals surface area contributed by atoms with E-state index in [1.807, 2.05) is 0 Å². The van der Waals surface area contributed by atoms with Crippen LogP contribution in [0.2, 0.25) is 0 Å². The maximum atomic E-state index is 14.0. The molecule has 2 N–H and O–H groups in total. The summed E-state index contributed by atoms with van der Waals surface area (Å²) >= 11 is 1.11. The minimum absolute atomic E-state index is 0.0589. The fourth-order valence-electron chi connectivity index (χ4n) is 2.48. The van der Waals surface area contributed by atoms with Crippen molar-refractivity contribution < 1.29 is 14.3 Å². The van der Waals surface area contributed by atoms with Gasteiger partial charge in [0.1, 0.15) is 11.9 Å². The van der Waals surface area contributed by atoms with E-state index in [-0.39, 0.29) is 11.3 Å². The molecule has 1 atom stereocenters. The zero-order chi connectivity index (χ0) is 16.1. The minimum Gasteiger partial charge on any atom is -0.480 e. The molecule has 118 valence electrons. The highest BCUT2D eigenvalue weighted by atomic mass is 32.1. The summed E-state index contributed by atoms with van der Waals surface area (Å²) in [6.07, 6.45) is 1.29. The van der Waals surface area contributed by atoms with E-state index in [1.54, 1.807) is 4.90 Å². The number of nitrogens with zero attached hydrogens (tertiary/aromatic N) is 3. The second kappa shape index (κ2) is 5.01. The smallest absolute Gasteiger partial charge is 0.326 e. The summed E-state index contributed by atoms with van der Waals surface area (Å²) in [6, 6.07) is -0.642. The SMILES string of the molecule is CC(C)(F)c1nc2sc(N3CCC[C@@H]3C(=O)O)nc2c(=O)[nH]1. The number of alkyl halides is 1. The number of nitrogens with one attached hydrogen (secondary N) is 1. The third-order valence-electron chi connectivity index (χ3n) is 3.61. The van der Waals surface area contributed by atoms with Crippen LogP contribution in [0.5, 0.6) is 0 Å². The number of rotatable bonds is 3. The van der Waals surface area contributed by atoms with E-state index >= 15 is 0 Å². The molecular weight excluding hydrogens is 311 g/mol. The average molecular weight is 326 g/mol. The summed E-state index contributed by atoms with van der Waals surface area (Å²) < 4.78 is 14.0. The Bertz CT molecular complexity index is 795. The number of anilines is 1. The molecular formula is C13H15FN4O3S. The number of aromatic amines is 1. The molecule has 9 heteroatoms. The van der Waals surface area contributed by atoms with E-state index in [4.69, 9.17) is 0 Å². The molecule has 0 aliphatic carbocycles. The van der Waals surface area contributed by atoms with Gasteiger partial charge in [-0.05, 0) is 26.7 Å². The standard InChI is InChI=1S/C13H15FN4O3S/c1-13(2,14)11-16-8(19)7-9(17-11)22-12(15-7)18-5-3-4-6(18)10(20)21/h6H,3-5H2,1-2H3,(H,20,21)(H,16,17,19)/t6-/m1/s1. The highest BCUT2D eigenvalue weighted by Gasteiger charge is 2.33. The molecule has 1 saturated heterocycles. The molecule has 0 unspecified atom stereocenters. The predicted octanol–water partition coefficient (Wildman–Crippen LogP) is 1.64. The number of fused-ring (bicyclic) bond motifs is 1. The zero-order valence-electron chi connectivity index (χ0n) is 12.1. The van der Waals surface area contributed by atoms with Crippen molar-refractivity contribution in [1.29, 1.82) is 0 Å². The monoisotopic (exact) mass is 326 g/mol.